The van der Waals surface area contributed by atoms with Crippen LogP contribution in [0.3, 0.4) is 0 Å². The average molecular weight is 231 g/mol. The Hall–Kier alpha value is -1.10. The lowest BCUT2D eigenvalue weighted by molar-refractivity contribution is -0.148. The Morgan fingerprint density at radius 2 is 2.00 bits per heavy atom. The molecule has 1 amide bonds. The van der Waals surface area contributed by atoms with Gasteiger partial charge in [0.25, 0.3) is 0 Å². The Morgan fingerprint density at radius 1 is 1.38 bits per heavy atom. The van der Waals surface area contributed by atoms with E-state index in [1.165, 1.54) is 4.90 Å². The number of ether oxygens (including phenoxy) is 1. The number of carboxylic acids is 1. The van der Waals surface area contributed by atoms with Gasteiger partial charge in [0, 0.05) is 12.6 Å². The summed E-state index contributed by atoms with van der Waals surface area (Å²) in [6.45, 7) is 5.84. The molecule has 0 saturated heterocycles. The number of nitrogens with zero attached hydrogens (tertiary/aromatic N) is 1. The highest BCUT2D eigenvalue weighted by Gasteiger charge is 2.19. The van der Waals surface area contributed by atoms with Crippen LogP contribution in [0.5, 0.6) is 0 Å². The predicted octanol–water partition coefficient (Wildman–Crippen LogP) is 1.12. The van der Waals surface area contributed by atoms with Crippen molar-refractivity contribution in [1.29, 1.82) is 0 Å². The Kier molecular flexibility index (Phi) is 7.54. The molecule has 0 aromatic rings. The molecule has 0 aliphatic rings. The van der Waals surface area contributed by atoms with Crippen molar-refractivity contribution in [3.8, 4) is 0 Å². The van der Waals surface area contributed by atoms with Gasteiger partial charge in [0.15, 0.2) is 0 Å². The van der Waals surface area contributed by atoms with E-state index in [4.69, 9.17) is 9.84 Å². The molecule has 0 aromatic heterocycles. The van der Waals surface area contributed by atoms with E-state index in [1.54, 1.807) is 13.8 Å². The van der Waals surface area contributed by atoms with E-state index >= 15 is 0 Å². The van der Waals surface area contributed by atoms with Crippen LogP contribution in [-0.4, -0.2) is 47.7 Å². The molecule has 0 heterocycles. The molecule has 0 aromatic carbocycles. The zero-order valence-electron chi connectivity index (χ0n) is 10.2. The fraction of sp³-hybridized carbons (Fsp3) is 0.818. The SMILES string of the molecule is CCCCOCC(=O)N(CC(=O)O)C(C)C. The highest BCUT2D eigenvalue weighted by atomic mass is 16.5. The summed E-state index contributed by atoms with van der Waals surface area (Å²) in [5, 5.41) is 8.66. The standard InChI is InChI=1S/C11H21NO4/c1-4-5-6-16-8-10(13)12(9(2)3)7-11(14)15/h9H,4-8H2,1-3H3,(H,14,15). The van der Waals surface area contributed by atoms with E-state index in [-0.39, 0.29) is 25.1 Å². The number of unbranched alkanes of at least 4 members (excludes halogenated alkanes) is 1. The number of carbonyl (C=O) groups is 2. The summed E-state index contributed by atoms with van der Waals surface area (Å²) in [6, 6.07) is -0.127. The predicted molar refractivity (Wildman–Crippen MR) is 60.2 cm³/mol. The molecule has 16 heavy (non-hydrogen) atoms. The minimum atomic E-state index is -1.00. The van der Waals surface area contributed by atoms with E-state index in [0.29, 0.717) is 6.61 Å². The van der Waals surface area contributed by atoms with Crippen molar-refractivity contribution >= 4 is 11.9 Å². The highest BCUT2D eigenvalue weighted by molar-refractivity contribution is 5.82. The number of carboxylic acid groups (broad SMARTS) is 1. The van der Waals surface area contributed by atoms with Crippen LogP contribution in [0.2, 0.25) is 0 Å². The minimum Gasteiger partial charge on any atom is -0.480 e. The van der Waals surface area contributed by atoms with Gasteiger partial charge in [0.2, 0.25) is 5.91 Å². The maximum Gasteiger partial charge on any atom is 0.323 e. The topological polar surface area (TPSA) is 66.8 Å². The number of hydrogen-bond donors (Lipinski definition) is 1. The molecule has 5 nitrogen and oxygen atoms in total. The van der Waals surface area contributed by atoms with Crippen LogP contribution in [0.4, 0.5) is 0 Å². The maximum absolute atomic E-state index is 11.6. The van der Waals surface area contributed by atoms with E-state index in [9.17, 15) is 9.59 Å². The molecule has 0 unspecified atom stereocenters. The Morgan fingerprint density at radius 3 is 2.44 bits per heavy atom. The normalized spacial score (nSPS) is 10.5. The van der Waals surface area contributed by atoms with Crippen LogP contribution < -0.4 is 0 Å². The van der Waals surface area contributed by atoms with Crippen LogP contribution >= 0.6 is 0 Å². The fourth-order valence-electron chi connectivity index (χ4n) is 1.19. The number of hydrogen-bond acceptors (Lipinski definition) is 3. The third-order valence-corrected chi connectivity index (χ3v) is 2.12. The summed E-state index contributed by atoms with van der Waals surface area (Å²) in [5.41, 5.74) is 0. The van der Waals surface area contributed by atoms with Gasteiger partial charge in [-0.1, -0.05) is 13.3 Å². The van der Waals surface area contributed by atoms with Gasteiger partial charge >= 0.3 is 5.97 Å². The smallest absolute Gasteiger partial charge is 0.323 e. The number of rotatable bonds is 8. The second-order valence-electron chi connectivity index (χ2n) is 3.92. The van der Waals surface area contributed by atoms with Crippen molar-refractivity contribution in [2.45, 2.75) is 39.7 Å². The third kappa shape index (κ3) is 6.40. The first-order valence-corrected chi connectivity index (χ1v) is 5.58. The molecule has 0 aliphatic heterocycles. The number of amides is 1. The molecule has 0 fully saturated rings. The van der Waals surface area contributed by atoms with Crippen LogP contribution in [0.15, 0.2) is 0 Å². The quantitative estimate of drug-likeness (QED) is 0.636. The molecule has 1 N–H and O–H groups in total. The van der Waals surface area contributed by atoms with E-state index < -0.39 is 5.97 Å². The molecule has 0 spiro atoms. The number of carbonyl (C=O) groups excluding carboxylic acids is 1. The van der Waals surface area contributed by atoms with E-state index in [2.05, 4.69) is 0 Å². The van der Waals surface area contributed by atoms with Crippen molar-refractivity contribution in [3.63, 3.8) is 0 Å². The van der Waals surface area contributed by atoms with Crippen LogP contribution in [0.25, 0.3) is 0 Å². The molecule has 94 valence electrons. The Bertz CT molecular complexity index is 228. The van der Waals surface area contributed by atoms with Crippen molar-refractivity contribution in [2.75, 3.05) is 19.8 Å². The second kappa shape index (κ2) is 8.10. The summed E-state index contributed by atoms with van der Waals surface area (Å²) in [5.74, 6) is -1.27. The van der Waals surface area contributed by atoms with Gasteiger partial charge in [0.1, 0.15) is 13.2 Å². The van der Waals surface area contributed by atoms with Crippen molar-refractivity contribution in [1.82, 2.24) is 4.90 Å². The molecular weight excluding hydrogens is 210 g/mol. The summed E-state index contributed by atoms with van der Waals surface area (Å²) >= 11 is 0. The van der Waals surface area contributed by atoms with Gasteiger partial charge in [0.05, 0.1) is 0 Å². The summed E-state index contributed by atoms with van der Waals surface area (Å²) < 4.78 is 5.16. The Balaban J connectivity index is 4.02. The largest absolute Gasteiger partial charge is 0.480 e. The zero-order chi connectivity index (χ0) is 12.6. The molecular formula is C11H21NO4. The molecule has 0 atom stereocenters. The molecule has 0 bridgehead atoms. The van der Waals surface area contributed by atoms with Crippen LogP contribution in [-0.2, 0) is 14.3 Å². The fourth-order valence-corrected chi connectivity index (χ4v) is 1.19. The second-order valence-corrected chi connectivity index (χ2v) is 3.92. The Labute approximate surface area is 96.4 Å². The van der Waals surface area contributed by atoms with Gasteiger partial charge in [-0.3, -0.25) is 9.59 Å². The maximum atomic E-state index is 11.6. The lowest BCUT2D eigenvalue weighted by Gasteiger charge is -2.24. The van der Waals surface area contributed by atoms with Gasteiger partial charge in [-0.05, 0) is 20.3 Å². The monoisotopic (exact) mass is 231 g/mol. The molecule has 0 saturated carbocycles. The zero-order valence-corrected chi connectivity index (χ0v) is 10.2. The van der Waals surface area contributed by atoms with Gasteiger partial charge in [-0.2, -0.15) is 0 Å². The summed E-state index contributed by atoms with van der Waals surface area (Å²) in [6.07, 6.45) is 1.92. The minimum absolute atomic E-state index is 0.0363. The van der Waals surface area contributed by atoms with Crippen molar-refractivity contribution in [2.24, 2.45) is 0 Å². The summed E-state index contributed by atoms with van der Waals surface area (Å²) in [7, 11) is 0. The first-order valence-electron chi connectivity index (χ1n) is 5.58. The van der Waals surface area contributed by atoms with Crippen LogP contribution in [0.1, 0.15) is 33.6 Å². The van der Waals surface area contributed by atoms with Crippen molar-refractivity contribution < 1.29 is 19.4 Å². The molecule has 0 radical (unpaired) electrons. The third-order valence-electron chi connectivity index (χ3n) is 2.12. The van der Waals surface area contributed by atoms with E-state index in [0.717, 1.165) is 12.8 Å². The van der Waals surface area contributed by atoms with Crippen molar-refractivity contribution in [3.05, 3.63) is 0 Å². The first kappa shape index (κ1) is 14.9. The molecule has 0 aliphatic carbocycles. The first-order chi connectivity index (χ1) is 7.49. The van der Waals surface area contributed by atoms with E-state index in [1.807, 2.05) is 6.92 Å². The summed E-state index contributed by atoms with van der Waals surface area (Å²) in [4.78, 5) is 23.5. The van der Waals surface area contributed by atoms with Gasteiger partial charge < -0.3 is 14.7 Å². The lowest BCUT2D eigenvalue weighted by Crippen LogP contribution is -2.42. The molecule has 5 heteroatoms. The van der Waals surface area contributed by atoms with Gasteiger partial charge in [-0.15, -0.1) is 0 Å². The number of aliphatic carboxylic acids is 1. The molecule has 0 rings (SSSR count). The van der Waals surface area contributed by atoms with Gasteiger partial charge in [-0.25, -0.2) is 0 Å². The highest BCUT2D eigenvalue weighted by Crippen LogP contribution is 2.00. The lowest BCUT2D eigenvalue weighted by atomic mass is 10.3. The average Bonchev–Trinajstić information content (AvgIpc) is 2.20. The van der Waals surface area contributed by atoms with Crippen LogP contribution in [0, 0.1) is 0 Å².